The molecule has 0 aliphatic carbocycles. The number of para-hydroxylation sites is 4. The van der Waals surface area contributed by atoms with Crippen LogP contribution in [-0.2, 0) is 0 Å². The fourth-order valence-corrected chi connectivity index (χ4v) is 23.3. The summed E-state index contributed by atoms with van der Waals surface area (Å²) >= 11 is 7.50. The molecular weight excluding hydrogens is 1630 g/mol. The third-order valence-electron chi connectivity index (χ3n) is 24.6. The number of rotatable bonds is 18. The monoisotopic (exact) mass is 1700 g/mol. The van der Waals surface area contributed by atoms with Gasteiger partial charge in [0.05, 0.1) is 0 Å². The molecule has 0 amide bonds. The summed E-state index contributed by atoms with van der Waals surface area (Å²) in [5.41, 5.74) is 27.9. The fraction of sp³-hybridized carbons (Fsp3) is 0. The first-order chi connectivity index (χ1) is 63.5. The molecule has 0 bridgehead atoms. The zero-order chi connectivity index (χ0) is 84.8. The van der Waals surface area contributed by atoms with Crippen molar-refractivity contribution in [2.24, 2.45) is 0 Å². The maximum Gasteiger partial charge on any atom is 0.0462 e. The van der Waals surface area contributed by atoms with E-state index in [2.05, 4.69) is 505 Å². The normalized spacial score (nSPS) is 11.4. The first-order valence-electron chi connectivity index (χ1n) is 43.3. The van der Waals surface area contributed by atoms with Gasteiger partial charge in [-0.3, -0.25) is 0 Å². The predicted octanol–water partition coefficient (Wildman–Crippen LogP) is 36.7. The van der Waals surface area contributed by atoms with Crippen molar-refractivity contribution in [1.29, 1.82) is 0 Å². The molecule has 0 aliphatic rings. The van der Waals surface area contributed by atoms with E-state index in [0.717, 1.165) is 90.5 Å². The zero-order valence-electron chi connectivity index (χ0n) is 69.6. The fourth-order valence-electron chi connectivity index (χ4n) is 18.4. The van der Waals surface area contributed by atoms with E-state index in [1.165, 1.54) is 125 Å². The highest BCUT2D eigenvalue weighted by Gasteiger charge is 2.23. The summed E-state index contributed by atoms with van der Waals surface area (Å²) in [6.45, 7) is 0. The van der Waals surface area contributed by atoms with Crippen molar-refractivity contribution in [3.05, 3.63) is 485 Å². The van der Waals surface area contributed by atoms with Crippen molar-refractivity contribution >= 4 is 194 Å². The van der Waals surface area contributed by atoms with E-state index in [-0.39, 0.29) is 0 Å². The van der Waals surface area contributed by atoms with Crippen molar-refractivity contribution in [2.45, 2.75) is 0 Å². The summed E-state index contributed by atoms with van der Waals surface area (Å²) in [6.07, 6.45) is 0. The summed E-state index contributed by atoms with van der Waals surface area (Å²) in [5.74, 6) is 0. The molecule has 0 unspecified atom stereocenters. The molecule has 128 heavy (non-hydrogen) atoms. The van der Waals surface area contributed by atoms with Gasteiger partial charge >= 0.3 is 0 Å². The molecule has 4 heterocycles. The van der Waals surface area contributed by atoms with Gasteiger partial charge in [0.15, 0.2) is 0 Å². The van der Waals surface area contributed by atoms with Gasteiger partial charge in [0.25, 0.3) is 0 Å². The van der Waals surface area contributed by atoms with Crippen molar-refractivity contribution in [2.75, 3.05) is 19.6 Å². The Labute approximate surface area is 759 Å². The second-order valence-electron chi connectivity index (χ2n) is 32.2. The molecule has 0 fully saturated rings. The minimum absolute atomic E-state index is 1.09. The van der Waals surface area contributed by atoms with E-state index in [1.54, 1.807) is 0 Å². The Hall–Kier alpha value is -15.5. The van der Waals surface area contributed by atoms with Crippen LogP contribution in [0.4, 0.5) is 68.2 Å². The second-order valence-corrected chi connectivity index (χ2v) is 36.4. The van der Waals surface area contributed by atoms with Gasteiger partial charge in [-0.15, -0.1) is 45.3 Å². The van der Waals surface area contributed by atoms with Crippen LogP contribution in [0.25, 0.3) is 147 Å². The van der Waals surface area contributed by atoms with E-state index in [9.17, 15) is 0 Å². The molecule has 8 heteroatoms. The number of fused-ring (bicyclic) bond motifs is 12. The van der Waals surface area contributed by atoms with Crippen molar-refractivity contribution < 1.29 is 0 Å². The van der Waals surface area contributed by atoms with Crippen molar-refractivity contribution in [3.63, 3.8) is 0 Å². The molecule has 4 aromatic heterocycles. The number of hydrogen-bond acceptors (Lipinski definition) is 8. The highest BCUT2D eigenvalue weighted by molar-refractivity contribution is 7.27. The first-order valence-corrected chi connectivity index (χ1v) is 46.6. The van der Waals surface area contributed by atoms with Gasteiger partial charge in [0.1, 0.15) is 0 Å². The molecule has 0 saturated carbocycles. The molecule has 24 rings (SSSR count). The van der Waals surface area contributed by atoms with Crippen LogP contribution in [0.5, 0.6) is 0 Å². The number of benzene rings is 20. The summed E-state index contributed by atoms with van der Waals surface area (Å²) in [7, 11) is 0. The van der Waals surface area contributed by atoms with Gasteiger partial charge in [-0.1, -0.05) is 315 Å². The average Bonchev–Trinajstić information content (AvgIpc) is 1.42. The molecule has 0 atom stereocenters. The Morgan fingerprint density at radius 1 is 0.109 bits per heavy atom. The van der Waals surface area contributed by atoms with Crippen LogP contribution in [0, 0.1) is 0 Å². The minimum atomic E-state index is 1.09. The van der Waals surface area contributed by atoms with Crippen molar-refractivity contribution in [1.82, 2.24) is 0 Å². The van der Waals surface area contributed by atoms with Gasteiger partial charge in [-0.05, 0) is 237 Å². The first kappa shape index (κ1) is 77.3. The van der Waals surface area contributed by atoms with Gasteiger partial charge in [-0.2, -0.15) is 0 Å². The lowest BCUT2D eigenvalue weighted by molar-refractivity contribution is 1.28. The maximum absolute atomic E-state index is 2.34. The van der Waals surface area contributed by atoms with Crippen LogP contribution in [0.15, 0.2) is 485 Å². The van der Waals surface area contributed by atoms with Gasteiger partial charge in [-0.25, -0.2) is 0 Å². The van der Waals surface area contributed by atoms with Crippen LogP contribution < -0.4 is 19.6 Å². The van der Waals surface area contributed by atoms with Crippen LogP contribution in [0.2, 0.25) is 0 Å². The Kier molecular flexibility index (Phi) is 20.4. The van der Waals surface area contributed by atoms with Crippen LogP contribution in [-0.4, -0.2) is 0 Å². The number of nitrogens with zero attached hydrogens (tertiary/aromatic N) is 4. The van der Waals surface area contributed by atoms with E-state index in [4.69, 9.17) is 0 Å². The maximum atomic E-state index is 2.34. The molecule has 20 aromatic carbocycles. The Morgan fingerprint density at radius 2 is 0.258 bits per heavy atom. The molecular formula is C120H80N4S4. The third-order valence-corrected chi connectivity index (χ3v) is 29.5. The Morgan fingerprint density at radius 3 is 0.445 bits per heavy atom. The Bertz CT molecular complexity index is 7670. The van der Waals surface area contributed by atoms with Crippen molar-refractivity contribution in [3.8, 4) is 66.8 Å². The molecule has 0 aliphatic heterocycles. The molecule has 0 N–H and O–H groups in total. The van der Waals surface area contributed by atoms with E-state index < -0.39 is 0 Å². The lowest BCUT2D eigenvalue weighted by Gasteiger charge is -2.26. The zero-order valence-corrected chi connectivity index (χ0v) is 72.9. The van der Waals surface area contributed by atoms with E-state index in [1.807, 2.05) is 45.3 Å². The van der Waals surface area contributed by atoms with Crippen LogP contribution >= 0.6 is 45.3 Å². The molecule has 4 nitrogen and oxygen atoms in total. The molecule has 24 aromatic rings. The summed E-state index contributed by atoms with van der Waals surface area (Å²) in [4.78, 5) is 9.35. The van der Waals surface area contributed by atoms with Gasteiger partial charge in [0.2, 0.25) is 0 Å². The third kappa shape index (κ3) is 14.7. The molecule has 0 saturated heterocycles. The summed E-state index contributed by atoms with van der Waals surface area (Å²) in [5, 5.41) is 10.6. The average molecular weight is 1710 g/mol. The lowest BCUT2D eigenvalue weighted by atomic mass is 10.0. The highest BCUT2D eigenvalue weighted by atomic mass is 32.1. The molecule has 0 spiro atoms. The summed E-state index contributed by atoms with van der Waals surface area (Å²) in [6, 6.07) is 176. The molecule has 0 radical (unpaired) electrons. The smallest absolute Gasteiger partial charge is 0.0462 e. The summed E-state index contributed by atoms with van der Waals surface area (Å²) < 4.78 is 10.6. The lowest BCUT2D eigenvalue weighted by Crippen LogP contribution is -2.10. The SMILES string of the molecule is c1ccc(N(c2ccc(-c3ccc(N(c4ccccc4)c4ccc(-c5cccc6c5sc5ccccc56)cc4)cc3)cc2)c2ccc(-c3ccc(N(c4ccccc4)c4ccc(-c5cccc6c5sc5ccccc56)cc4)cc3)cc2)cc1.c1ccc(N(c2ccc(-c3cccc4c3sc3ccccc34)cc2)c2ccc(-c3cccc4c3sc3ccccc34)cc2)cc1. The topological polar surface area (TPSA) is 13.0 Å². The van der Waals surface area contributed by atoms with Gasteiger partial charge < -0.3 is 19.6 Å². The van der Waals surface area contributed by atoms with E-state index in [0.29, 0.717) is 0 Å². The number of hydrogen-bond donors (Lipinski definition) is 0. The van der Waals surface area contributed by atoms with Gasteiger partial charge in [0, 0.05) is 149 Å². The van der Waals surface area contributed by atoms with E-state index >= 15 is 0 Å². The highest BCUT2D eigenvalue weighted by Crippen LogP contribution is 2.49. The Balaban J connectivity index is 0.000000175. The number of anilines is 12. The predicted molar refractivity (Wildman–Crippen MR) is 556 cm³/mol. The van der Waals surface area contributed by atoms with Crippen LogP contribution in [0.1, 0.15) is 0 Å². The molecule has 604 valence electrons. The van der Waals surface area contributed by atoms with Crippen LogP contribution in [0.3, 0.4) is 0 Å². The number of thiophene rings is 4. The second kappa shape index (κ2) is 33.9. The largest absolute Gasteiger partial charge is 0.311 e. The standard InChI is InChI=1S/C78H53N3S2.C42H27NS2/c1-4-16-60(17-5-1)79(63-42-30-54(31-43-63)56-34-46-65(47-35-56)80(61-18-6-2-7-19-61)67-50-38-58(39-51-67)69-24-14-26-73-71-22-10-12-28-75(71)82-77(69)73)64-44-32-55(33-45-64)57-36-48-66(49-37-57)81(62-20-8-3-9-21-62)68-52-40-59(41-53-68)70-25-15-27-74-72-23-11-13-29-76(72)83-78(70)74;1-2-10-30(11-3-1)43(31-24-20-28(21-25-31)33-14-8-16-37-35-12-4-6-18-39(35)44-41(33)37)32-26-22-29(23-27-32)34-15-9-17-38-36-13-5-7-19-40(36)45-42(34)38/h1-53H;1-27H. The quantitative estimate of drug-likeness (QED) is 0.0849. The minimum Gasteiger partial charge on any atom is -0.311 e.